The Morgan fingerprint density at radius 3 is 1.09 bits per heavy atom. The van der Waals surface area contributed by atoms with Gasteiger partial charge in [-0.15, -0.1) is 20.5 Å². The van der Waals surface area contributed by atoms with E-state index in [2.05, 4.69) is 66.6 Å². The fourth-order valence-corrected chi connectivity index (χ4v) is 9.80. The molecule has 1 saturated heterocycles. The van der Waals surface area contributed by atoms with E-state index in [1.54, 1.807) is 48.5 Å². The van der Waals surface area contributed by atoms with E-state index < -0.39 is 40.1 Å². The first-order valence-corrected chi connectivity index (χ1v) is 31.2. The van der Waals surface area contributed by atoms with Crippen molar-refractivity contribution in [2.75, 3.05) is 77.6 Å². The number of non-ortho nitro benzene ring substituents is 2. The van der Waals surface area contributed by atoms with E-state index in [1.165, 1.54) is 89.1 Å². The maximum atomic E-state index is 12.0. The van der Waals surface area contributed by atoms with Gasteiger partial charge in [-0.1, -0.05) is 22.0 Å². The second kappa shape index (κ2) is 33.4. The molecule has 2 N–H and O–H groups in total. The lowest BCUT2D eigenvalue weighted by Crippen LogP contribution is -2.41. The summed E-state index contributed by atoms with van der Waals surface area (Å²) in [7, 11) is 5.31. The largest absolute Gasteiger partial charge is 0.494 e. The molecule has 98 heavy (non-hydrogen) atoms. The standard InChI is InChI=1S/C37H41BN6O9.C31H29BrN6O7/c1-8-43(19-20-51-32-21-24(9-18-29(32)35(45)46)38-52-36(2,3)37(4,5)53-38)27-14-10-25(11-15-27)39-41-30-22-34(50-7)31(23-33(30)49-6)42-40-26-12-16-28(17-13-26)44(47)48;1-4-37(15-16-45-28-17-20(32)5-14-25(28)31(39)40)23-10-6-21(7-11-23)33-35-26-18-30(44-3)27(19-29(26)43-2)36-34-22-8-12-24(13-9-22)38(41)42/h9-18,21-23H,8,19-20H2,1-7H3,(H,45,46);5-14,17-19H,4,15-16H2,1-3H3,(H,39,40). The molecule has 9 rings (SSSR count). The molecule has 0 amide bonds. The van der Waals surface area contributed by atoms with Crippen molar-refractivity contribution in [1.29, 1.82) is 0 Å². The zero-order valence-electron chi connectivity index (χ0n) is 55.2. The fourth-order valence-electron chi connectivity index (χ4n) is 9.46. The quantitative estimate of drug-likeness (QED) is 0.0190. The maximum absolute atomic E-state index is 12.0. The van der Waals surface area contributed by atoms with Crippen LogP contribution in [0, 0.1) is 20.2 Å². The summed E-state index contributed by atoms with van der Waals surface area (Å²) in [5, 5.41) is 75.2. The molecular formula is C68H70BBrN12O16. The van der Waals surface area contributed by atoms with Crippen LogP contribution in [0.4, 0.5) is 68.2 Å². The summed E-state index contributed by atoms with van der Waals surface area (Å²) in [4.78, 5) is 48.5. The Balaban J connectivity index is 0.000000253. The lowest BCUT2D eigenvalue weighted by Gasteiger charge is -2.32. The summed E-state index contributed by atoms with van der Waals surface area (Å²) >= 11 is 3.35. The van der Waals surface area contributed by atoms with E-state index in [4.69, 9.17) is 37.7 Å². The smallest absolute Gasteiger partial charge is 0.494 e. The van der Waals surface area contributed by atoms with Gasteiger partial charge < -0.3 is 57.7 Å². The number of anilines is 2. The van der Waals surface area contributed by atoms with Gasteiger partial charge in [-0.25, -0.2) is 9.59 Å². The number of azo groups is 4. The van der Waals surface area contributed by atoms with Crippen LogP contribution in [-0.4, -0.2) is 118 Å². The summed E-state index contributed by atoms with van der Waals surface area (Å²) < 4.78 is 46.9. The molecule has 30 heteroatoms. The van der Waals surface area contributed by atoms with Crippen LogP contribution in [0.5, 0.6) is 34.5 Å². The molecule has 0 aliphatic carbocycles. The van der Waals surface area contributed by atoms with Crippen LogP contribution in [0.25, 0.3) is 0 Å². The third kappa shape index (κ3) is 18.8. The summed E-state index contributed by atoms with van der Waals surface area (Å²) in [5.74, 6) is -0.0696. The summed E-state index contributed by atoms with van der Waals surface area (Å²) in [6.45, 7) is 14.8. The number of nitro groups is 2. The van der Waals surface area contributed by atoms with Crippen LogP contribution in [0.1, 0.15) is 62.3 Å². The number of nitro benzene ring substituents is 2. The van der Waals surface area contributed by atoms with Crippen molar-refractivity contribution >= 4 is 109 Å². The zero-order chi connectivity index (χ0) is 70.7. The third-order valence-electron chi connectivity index (χ3n) is 15.5. The number of nitrogens with zero attached hydrogens (tertiary/aromatic N) is 12. The number of carbonyl (C=O) groups is 2. The van der Waals surface area contributed by atoms with E-state index in [-0.39, 0.29) is 41.5 Å². The predicted molar refractivity (Wildman–Crippen MR) is 372 cm³/mol. The SMILES string of the molecule is CCN(CCOc1cc(B2OC(C)(C)C(C)(C)O2)ccc1C(=O)O)c1ccc(N=Nc2cc(OC)c(N=Nc3ccc([N+](=O)[O-])cc3)cc2OC)cc1.CCN(CCOc1cc(Br)ccc1C(=O)O)c1ccc(N=Nc2cc(OC)c(N=Nc3ccc([N+](=O)[O-])cc3)cc2OC)cc1. The van der Waals surface area contributed by atoms with Crippen molar-refractivity contribution < 1.29 is 67.4 Å². The number of hydrogen-bond donors (Lipinski definition) is 2. The average Bonchev–Trinajstić information content (AvgIpc) is 1.61. The van der Waals surface area contributed by atoms with Gasteiger partial charge in [0.2, 0.25) is 0 Å². The van der Waals surface area contributed by atoms with E-state index >= 15 is 0 Å². The highest BCUT2D eigenvalue weighted by Gasteiger charge is 2.52. The molecule has 0 aromatic heterocycles. The molecule has 8 aromatic carbocycles. The molecule has 1 heterocycles. The average molecular weight is 1400 g/mol. The molecule has 1 aliphatic heterocycles. The van der Waals surface area contributed by atoms with Crippen LogP contribution in [0.15, 0.2) is 203 Å². The number of carboxylic acid groups (broad SMARTS) is 2. The number of methoxy groups -OCH3 is 4. The van der Waals surface area contributed by atoms with Crippen molar-refractivity contribution in [2.45, 2.75) is 52.7 Å². The van der Waals surface area contributed by atoms with Gasteiger partial charge >= 0.3 is 19.1 Å². The number of ether oxygens (including phenoxy) is 6. The van der Waals surface area contributed by atoms with Crippen LogP contribution in [-0.2, 0) is 9.31 Å². The van der Waals surface area contributed by atoms with Gasteiger partial charge in [-0.2, -0.15) is 20.5 Å². The molecule has 8 aromatic rings. The van der Waals surface area contributed by atoms with Gasteiger partial charge in [0.1, 0.15) is 81.6 Å². The number of carboxylic acids is 2. The van der Waals surface area contributed by atoms with E-state index in [9.17, 15) is 40.0 Å². The monoisotopic (exact) mass is 1400 g/mol. The number of hydrogen-bond acceptors (Lipinski definition) is 24. The van der Waals surface area contributed by atoms with Gasteiger partial charge in [0.25, 0.3) is 11.4 Å². The number of halogens is 1. The second-order valence-corrected chi connectivity index (χ2v) is 23.1. The molecule has 0 saturated carbocycles. The Kier molecular flexibility index (Phi) is 24.8. The lowest BCUT2D eigenvalue weighted by atomic mass is 9.78. The molecule has 0 unspecified atom stereocenters. The lowest BCUT2D eigenvalue weighted by molar-refractivity contribution is -0.385. The van der Waals surface area contributed by atoms with Gasteiger partial charge in [-0.3, -0.25) is 20.2 Å². The van der Waals surface area contributed by atoms with Crippen molar-refractivity contribution in [2.24, 2.45) is 40.9 Å². The Hall–Kier alpha value is -11.2. The van der Waals surface area contributed by atoms with E-state index in [0.717, 1.165) is 15.8 Å². The van der Waals surface area contributed by atoms with Gasteiger partial charge in [0.05, 0.1) is 85.3 Å². The fraction of sp³-hybridized carbons (Fsp3) is 0.265. The minimum absolute atomic E-state index is 0.0417. The summed E-state index contributed by atoms with van der Waals surface area (Å²) in [6.07, 6.45) is 0. The van der Waals surface area contributed by atoms with Crippen LogP contribution in [0.2, 0.25) is 0 Å². The minimum atomic E-state index is -1.09. The topological polar surface area (TPSA) is 340 Å². The summed E-state index contributed by atoms with van der Waals surface area (Å²) in [5.41, 5.74) is 5.14. The van der Waals surface area contributed by atoms with Crippen molar-refractivity contribution in [3.05, 3.63) is 194 Å². The molecule has 0 spiro atoms. The first-order valence-electron chi connectivity index (χ1n) is 30.4. The predicted octanol–water partition coefficient (Wildman–Crippen LogP) is 17.2. The van der Waals surface area contributed by atoms with E-state index in [0.29, 0.717) is 106 Å². The molecular weight excluding hydrogens is 1330 g/mol. The third-order valence-corrected chi connectivity index (χ3v) is 16.0. The minimum Gasteiger partial charge on any atom is -0.494 e. The highest BCUT2D eigenvalue weighted by Crippen LogP contribution is 2.43. The van der Waals surface area contributed by atoms with Crippen molar-refractivity contribution in [1.82, 2.24) is 0 Å². The number of likely N-dealkylation sites (N-methyl/N-ethyl adjacent to an activating group) is 2. The molecule has 1 fully saturated rings. The number of benzene rings is 8. The number of rotatable bonds is 29. The Bertz CT molecular complexity index is 4240. The second-order valence-electron chi connectivity index (χ2n) is 22.2. The van der Waals surface area contributed by atoms with Gasteiger partial charge in [0, 0.05) is 77.5 Å². The molecule has 28 nitrogen and oxygen atoms in total. The molecule has 0 radical (unpaired) electrons. The van der Waals surface area contributed by atoms with Crippen LogP contribution >= 0.6 is 15.9 Å². The van der Waals surface area contributed by atoms with E-state index in [1.807, 2.05) is 90.1 Å². The Morgan fingerprint density at radius 1 is 0.469 bits per heavy atom. The molecule has 508 valence electrons. The molecule has 0 atom stereocenters. The van der Waals surface area contributed by atoms with Crippen LogP contribution < -0.4 is 43.7 Å². The van der Waals surface area contributed by atoms with Gasteiger partial charge in [-0.05, 0) is 150 Å². The Labute approximate surface area is 572 Å². The molecule has 1 aliphatic rings. The van der Waals surface area contributed by atoms with Crippen molar-refractivity contribution in [3.63, 3.8) is 0 Å². The molecule has 0 bridgehead atoms. The first-order chi connectivity index (χ1) is 47.0. The maximum Gasteiger partial charge on any atom is 0.494 e. The highest BCUT2D eigenvalue weighted by atomic mass is 79.9. The normalized spacial score (nSPS) is 13.1. The summed E-state index contributed by atoms with van der Waals surface area (Å²) in [6, 6.07) is 42.5. The highest BCUT2D eigenvalue weighted by molar-refractivity contribution is 9.10. The van der Waals surface area contributed by atoms with Gasteiger partial charge in [0.15, 0.2) is 0 Å². The van der Waals surface area contributed by atoms with Crippen LogP contribution in [0.3, 0.4) is 0 Å². The Morgan fingerprint density at radius 2 is 0.786 bits per heavy atom. The first kappa shape index (κ1) is 72.6. The zero-order valence-corrected chi connectivity index (χ0v) is 56.8. The number of aromatic carboxylic acids is 2. The van der Waals surface area contributed by atoms with Crippen molar-refractivity contribution in [3.8, 4) is 34.5 Å².